The molecular weight excluding hydrogens is 472 g/mol. The monoisotopic (exact) mass is 514 g/mol. The molecule has 0 unspecified atom stereocenters. The number of piperidine rings is 2. The summed E-state index contributed by atoms with van der Waals surface area (Å²) in [7, 11) is 0. The molecule has 0 saturated carbocycles. The average Bonchev–Trinajstić information content (AvgIpc) is 2.98. The second-order valence-electron chi connectivity index (χ2n) is 10.7. The van der Waals surface area contributed by atoms with E-state index < -0.39 is 0 Å². The molecule has 0 radical (unpaired) electrons. The Morgan fingerprint density at radius 2 is 1.13 bits per heavy atom. The van der Waals surface area contributed by atoms with Crippen LogP contribution in [-0.2, 0) is 34.0 Å². The Bertz CT molecular complexity index is 1060. The first-order chi connectivity index (χ1) is 18.8. The van der Waals surface area contributed by atoms with Crippen LogP contribution in [0.25, 0.3) is 0 Å². The Kier molecular flexibility index (Phi) is 9.98. The van der Waals surface area contributed by atoms with Crippen LogP contribution in [0.5, 0.6) is 0 Å². The lowest BCUT2D eigenvalue weighted by atomic mass is 9.90. The Morgan fingerprint density at radius 1 is 0.658 bits per heavy atom. The van der Waals surface area contributed by atoms with E-state index in [0.717, 1.165) is 26.2 Å². The number of ether oxygens (including phenoxy) is 3. The topological polar surface area (TPSA) is 43.0 Å². The van der Waals surface area contributed by atoms with E-state index in [1.165, 1.54) is 29.5 Å². The van der Waals surface area contributed by atoms with E-state index in [-0.39, 0.29) is 24.4 Å². The van der Waals surface area contributed by atoms with Gasteiger partial charge in [0.15, 0.2) is 0 Å². The van der Waals surface area contributed by atoms with E-state index in [9.17, 15) is 0 Å². The predicted octanol–water partition coefficient (Wildman–Crippen LogP) is 5.45. The molecule has 202 valence electrons. The van der Waals surface area contributed by atoms with Crippen LogP contribution < -0.4 is 5.32 Å². The molecule has 0 amide bonds. The van der Waals surface area contributed by atoms with Gasteiger partial charge >= 0.3 is 0 Å². The molecular formula is C33H42N2O3. The molecule has 4 atom stereocenters. The van der Waals surface area contributed by atoms with Crippen LogP contribution in [0.4, 0.5) is 0 Å². The summed E-state index contributed by atoms with van der Waals surface area (Å²) in [6.07, 6.45) is 2.10. The Morgan fingerprint density at radius 3 is 1.66 bits per heavy atom. The number of rotatable bonds is 11. The molecule has 5 heteroatoms. The lowest BCUT2D eigenvalue weighted by Crippen LogP contribution is -2.63. The van der Waals surface area contributed by atoms with Crippen molar-refractivity contribution in [2.45, 2.75) is 63.9 Å². The minimum Gasteiger partial charge on any atom is -0.369 e. The predicted molar refractivity (Wildman–Crippen MR) is 152 cm³/mol. The van der Waals surface area contributed by atoms with Crippen molar-refractivity contribution in [3.05, 3.63) is 108 Å². The maximum absolute atomic E-state index is 6.73. The van der Waals surface area contributed by atoms with Gasteiger partial charge < -0.3 is 19.5 Å². The van der Waals surface area contributed by atoms with Gasteiger partial charge in [-0.2, -0.15) is 0 Å². The third-order valence-electron chi connectivity index (χ3n) is 7.98. The van der Waals surface area contributed by atoms with E-state index in [1.54, 1.807) is 0 Å². The SMILES string of the molecule is C[C@@H]1[C@@H](OCc2ccccc2)[C@H](OCc2ccccc2)[C@@H](OCc2ccccc2)CN1CC1CCNCC1. The standard InChI is InChI=1S/C33H42N2O3/c1-26-32(37-24-29-13-7-3-8-14-29)33(38-25-30-15-9-4-10-16-30)31(36-23-28-11-5-2-6-12-28)22-35(26)21-27-17-19-34-20-18-27/h2-16,26-27,31-34H,17-25H2,1H3/t26-,31+,32-,33-/m1/s1. The van der Waals surface area contributed by atoms with Crippen molar-refractivity contribution >= 4 is 0 Å². The van der Waals surface area contributed by atoms with Crippen LogP contribution in [0.2, 0.25) is 0 Å². The van der Waals surface area contributed by atoms with Gasteiger partial charge in [-0.3, -0.25) is 4.90 Å². The minimum atomic E-state index is -0.165. The summed E-state index contributed by atoms with van der Waals surface area (Å²) in [5.74, 6) is 0.699. The number of hydrogen-bond acceptors (Lipinski definition) is 5. The molecule has 0 spiro atoms. The zero-order chi connectivity index (χ0) is 26.0. The smallest absolute Gasteiger partial charge is 0.113 e. The van der Waals surface area contributed by atoms with E-state index in [0.29, 0.717) is 25.7 Å². The van der Waals surface area contributed by atoms with Gasteiger partial charge in [-0.15, -0.1) is 0 Å². The zero-order valence-corrected chi connectivity index (χ0v) is 22.6. The Hall–Kier alpha value is -2.54. The average molecular weight is 515 g/mol. The number of nitrogens with zero attached hydrogens (tertiary/aromatic N) is 1. The molecule has 2 saturated heterocycles. The third-order valence-corrected chi connectivity index (χ3v) is 7.98. The second kappa shape index (κ2) is 14.0. The fourth-order valence-corrected chi connectivity index (χ4v) is 5.73. The lowest BCUT2D eigenvalue weighted by Gasteiger charge is -2.48. The van der Waals surface area contributed by atoms with Crippen molar-refractivity contribution in [3.8, 4) is 0 Å². The molecule has 5 rings (SSSR count). The van der Waals surface area contributed by atoms with Crippen LogP contribution >= 0.6 is 0 Å². The molecule has 2 aliphatic heterocycles. The quantitative estimate of drug-likeness (QED) is 0.369. The Balaban J connectivity index is 1.36. The summed E-state index contributed by atoms with van der Waals surface area (Å²) in [5.41, 5.74) is 3.53. The second-order valence-corrected chi connectivity index (χ2v) is 10.7. The van der Waals surface area contributed by atoms with Crippen molar-refractivity contribution in [1.82, 2.24) is 10.2 Å². The molecule has 38 heavy (non-hydrogen) atoms. The summed E-state index contributed by atoms with van der Waals surface area (Å²) in [4.78, 5) is 2.60. The van der Waals surface area contributed by atoms with Crippen LogP contribution in [0.1, 0.15) is 36.5 Å². The summed E-state index contributed by atoms with van der Waals surface area (Å²) >= 11 is 0. The van der Waals surface area contributed by atoms with E-state index >= 15 is 0 Å². The normalized spacial score (nSPS) is 24.9. The van der Waals surface area contributed by atoms with Crippen molar-refractivity contribution in [3.63, 3.8) is 0 Å². The summed E-state index contributed by atoms with van der Waals surface area (Å²) in [6, 6.07) is 31.5. The number of likely N-dealkylation sites (tertiary alicyclic amines) is 1. The van der Waals surface area contributed by atoms with E-state index in [1.807, 2.05) is 18.2 Å². The Labute approximate surface area is 228 Å². The fraction of sp³-hybridized carbons (Fsp3) is 0.455. The van der Waals surface area contributed by atoms with Crippen LogP contribution in [0.3, 0.4) is 0 Å². The summed E-state index contributed by atoms with van der Waals surface area (Å²) in [5, 5.41) is 3.51. The van der Waals surface area contributed by atoms with Gasteiger partial charge in [-0.25, -0.2) is 0 Å². The van der Waals surface area contributed by atoms with Gasteiger partial charge in [0.05, 0.1) is 25.9 Å². The first kappa shape index (κ1) is 27.0. The van der Waals surface area contributed by atoms with Crippen molar-refractivity contribution < 1.29 is 14.2 Å². The highest BCUT2D eigenvalue weighted by atomic mass is 16.6. The number of hydrogen-bond donors (Lipinski definition) is 1. The van der Waals surface area contributed by atoms with E-state index in [2.05, 4.69) is 89.9 Å². The van der Waals surface area contributed by atoms with Crippen LogP contribution in [0.15, 0.2) is 91.0 Å². The van der Waals surface area contributed by atoms with Crippen molar-refractivity contribution in [2.75, 3.05) is 26.2 Å². The third kappa shape index (κ3) is 7.52. The highest BCUT2D eigenvalue weighted by Gasteiger charge is 2.44. The maximum Gasteiger partial charge on any atom is 0.113 e. The number of nitrogens with one attached hydrogen (secondary N) is 1. The van der Waals surface area contributed by atoms with Crippen molar-refractivity contribution in [2.24, 2.45) is 5.92 Å². The molecule has 5 nitrogen and oxygen atoms in total. The highest BCUT2D eigenvalue weighted by molar-refractivity contribution is 5.16. The van der Waals surface area contributed by atoms with Crippen LogP contribution in [-0.4, -0.2) is 55.4 Å². The molecule has 2 aliphatic rings. The fourth-order valence-electron chi connectivity index (χ4n) is 5.73. The molecule has 3 aromatic rings. The van der Waals surface area contributed by atoms with E-state index in [4.69, 9.17) is 14.2 Å². The lowest BCUT2D eigenvalue weighted by molar-refractivity contribution is -0.202. The molecule has 0 aliphatic carbocycles. The summed E-state index contributed by atoms with van der Waals surface area (Å²) in [6.45, 7) is 8.12. The van der Waals surface area contributed by atoms with Gasteiger partial charge in [0, 0.05) is 19.1 Å². The molecule has 0 bridgehead atoms. The maximum atomic E-state index is 6.73. The first-order valence-electron chi connectivity index (χ1n) is 14.2. The highest BCUT2D eigenvalue weighted by Crippen LogP contribution is 2.30. The molecule has 2 fully saturated rings. The van der Waals surface area contributed by atoms with Crippen LogP contribution in [0, 0.1) is 5.92 Å². The van der Waals surface area contributed by atoms with Gasteiger partial charge in [-0.1, -0.05) is 91.0 Å². The van der Waals surface area contributed by atoms with Gasteiger partial charge in [-0.05, 0) is 55.5 Å². The van der Waals surface area contributed by atoms with Gasteiger partial charge in [0.2, 0.25) is 0 Å². The number of benzene rings is 3. The minimum absolute atomic E-state index is 0.0855. The first-order valence-corrected chi connectivity index (χ1v) is 14.2. The summed E-state index contributed by atoms with van der Waals surface area (Å²) < 4.78 is 20.1. The largest absolute Gasteiger partial charge is 0.369 e. The van der Waals surface area contributed by atoms with Gasteiger partial charge in [0.25, 0.3) is 0 Å². The molecule has 1 N–H and O–H groups in total. The molecule has 2 heterocycles. The molecule has 3 aromatic carbocycles. The van der Waals surface area contributed by atoms with Gasteiger partial charge in [0.1, 0.15) is 12.2 Å². The van der Waals surface area contributed by atoms with Crippen molar-refractivity contribution in [1.29, 1.82) is 0 Å². The molecule has 0 aromatic heterocycles. The zero-order valence-electron chi connectivity index (χ0n) is 22.6.